The van der Waals surface area contributed by atoms with Crippen LogP contribution in [0.15, 0.2) is 34.4 Å². The maximum atomic E-state index is 12.3. The summed E-state index contributed by atoms with van der Waals surface area (Å²) in [6.07, 6.45) is 15.9. The first kappa shape index (κ1) is 26.6. The van der Waals surface area contributed by atoms with Crippen molar-refractivity contribution < 1.29 is 9.59 Å². The number of carbonyl (C=O) groups excluding carboxylic acids is 2. The molecule has 170 valence electrons. The van der Waals surface area contributed by atoms with Gasteiger partial charge in [0.2, 0.25) is 0 Å². The van der Waals surface area contributed by atoms with Crippen LogP contribution < -0.4 is 0 Å². The average molecular weight is 415 g/mol. The molecule has 0 amide bonds. The van der Waals surface area contributed by atoms with Crippen LogP contribution in [0, 0.1) is 17.8 Å². The van der Waals surface area contributed by atoms with Crippen LogP contribution >= 0.6 is 0 Å². The van der Waals surface area contributed by atoms with Crippen LogP contribution in [-0.4, -0.2) is 11.6 Å². The van der Waals surface area contributed by atoms with Crippen molar-refractivity contribution in [2.45, 2.75) is 113 Å². The van der Waals surface area contributed by atoms with Gasteiger partial charge in [-0.25, -0.2) is 0 Å². The molecule has 0 aliphatic heterocycles. The molecule has 0 heterocycles. The lowest BCUT2D eigenvalue weighted by Crippen LogP contribution is -2.16. The van der Waals surface area contributed by atoms with Gasteiger partial charge in [-0.2, -0.15) is 0 Å². The molecule has 0 radical (unpaired) electrons. The van der Waals surface area contributed by atoms with Crippen LogP contribution in [0.1, 0.15) is 113 Å². The maximum absolute atomic E-state index is 12.3. The molecule has 30 heavy (non-hydrogen) atoms. The van der Waals surface area contributed by atoms with Crippen LogP contribution in [-0.2, 0) is 9.59 Å². The van der Waals surface area contributed by atoms with Gasteiger partial charge in [0.15, 0.2) is 11.6 Å². The summed E-state index contributed by atoms with van der Waals surface area (Å²) in [4.78, 5) is 24.3. The first-order chi connectivity index (χ1) is 14.1. The topological polar surface area (TPSA) is 34.1 Å². The zero-order valence-corrected chi connectivity index (χ0v) is 20.8. The average Bonchev–Trinajstić information content (AvgIpc) is 2.66. The summed E-state index contributed by atoms with van der Waals surface area (Å²) in [6, 6.07) is 0. The van der Waals surface area contributed by atoms with Gasteiger partial charge in [0.05, 0.1) is 0 Å². The third-order valence-electron chi connectivity index (χ3n) is 6.60. The quantitative estimate of drug-likeness (QED) is 0.212. The number of ketones is 2. The Bertz CT molecular complexity index is 660. The fraction of sp³-hybridized carbons (Fsp3) is 0.714. The van der Waals surface area contributed by atoms with Crippen molar-refractivity contribution in [1.82, 2.24) is 0 Å². The third kappa shape index (κ3) is 10.0. The van der Waals surface area contributed by atoms with Gasteiger partial charge in [-0.05, 0) is 63.9 Å². The molecule has 0 aromatic heterocycles. The van der Waals surface area contributed by atoms with Crippen molar-refractivity contribution in [3.8, 4) is 0 Å². The van der Waals surface area contributed by atoms with Gasteiger partial charge in [0.25, 0.3) is 0 Å². The maximum Gasteiger partial charge on any atom is 0.185 e. The summed E-state index contributed by atoms with van der Waals surface area (Å²) < 4.78 is 0. The minimum absolute atomic E-state index is 0.0174. The molecule has 0 spiro atoms. The second-order valence-electron chi connectivity index (χ2n) is 10.2. The van der Waals surface area contributed by atoms with Crippen LogP contribution in [0.3, 0.4) is 0 Å². The Morgan fingerprint density at radius 3 is 1.97 bits per heavy atom. The zero-order valence-electron chi connectivity index (χ0n) is 20.8. The predicted octanol–water partition coefficient (Wildman–Crippen LogP) is 8.18. The molecule has 0 saturated carbocycles. The smallest absolute Gasteiger partial charge is 0.185 e. The van der Waals surface area contributed by atoms with Crippen molar-refractivity contribution in [2.24, 2.45) is 17.8 Å². The van der Waals surface area contributed by atoms with Crippen LogP contribution in [0.25, 0.3) is 0 Å². The van der Waals surface area contributed by atoms with Gasteiger partial charge in [-0.3, -0.25) is 9.59 Å². The fourth-order valence-electron chi connectivity index (χ4n) is 4.26. The molecular weight excluding hydrogens is 368 g/mol. The van der Waals surface area contributed by atoms with Crippen molar-refractivity contribution >= 4 is 11.6 Å². The number of carbonyl (C=O) groups is 2. The van der Waals surface area contributed by atoms with E-state index in [0.717, 1.165) is 24.2 Å². The van der Waals surface area contributed by atoms with Crippen LogP contribution in [0.5, 0.6) is 0 Å². The molecule has 1 rings (SSSR count). The Balaban J connectivity index is 2.25. The molecule has 0 aromatic carbocycles. The molecule has 0 saturated heterocycles. The van der Waals surface area contributed by atoms with Gasteiger partial charge in [0.1, 0.15) is 0 Å². The van der Waals surface area contributed by atoms with E-state index >= 15 is 0 Å². The van der Waals surface area contributed by atoms with Crippen molar-refractivity contribution in [3.63, 3.8) is 0 Å². The molecule has 2 atom stereocenters. The van der Waals surface area contributed by atoms with Gasteiger partial charge in [0, 0.05) is 16.7 Å². The van der Waals surface area contributed by atoms with Gasteiger partial charge >= 0.3 is 0 Å². The molecule has 2 nitrogen and oxygen atoms in total. The first-order valence-electron chi connectivity index (χ1n) is 12.2. The van der Waals surface area contributed by atoms with Gasteiger partial charge < -0.3 is 0 Å². The Hall–Kier alpha value is -1.44. The van der Waals surface area contributed by atoms with E-state index in [1.165, 1.54) is 63.0 Å². The summed E-state index contributed by atoms with van der Waals surface area (Å²) in [5, 5.41) is 0. The summed E-state index contributed by atoms with van der Waals surface area (Å²) >= 11 is 0. The highest BCUT2D eigenvalue weighted by molar-refractivity contribution is 6.22. The second-order valence-corrected chi connectivity index (χ2v) is 10.2. The highest BCUT2D eigenvalue weighted by Crippen LogP contribution is 2.24. The lowest BCUT2D eigenvalue weighted by molar-refractivity contribution is -0.115. The molecule has 2 unspecified atom stereocenters. The Labute approximate surface area is 186 Å². The van der Waals surface area contributed by atoms with E-state index in [1.54, 1.807) is 13.8 Å². The standard InChI is InChI=1S/C28H46O2/c1-20(2)11-8-12-21(3)13-9-14-22(4)15-10-16-23(5)17-18-26-25(7)27(29)19-24(6)28(26)30/h17,19-22H,8-16,18H2,1-7H3/b23-17+. The highest BCUT2D eigenvalue weighted by atomic mass is 16.1. The lowest BCUT2D eigenvalue weighted by atomic mass is 9.88. The molecule has 1 aliphatic carbocycles. The predicted molar refractivity (Wildman–Crippen MR) is 130 cm³/mol. The highest BCUT2D eigenvalue weighted by Gasteiger charge is 2.22. The molecule has 1 aliphatic rings. The van der Waals surface area contributed by atoms with Gasteiger partial charge in [-0.1, -0.05) is 84.3 Å². The fourth-order valence-corrected chi connectivity index (χ4v) is 4.26. The second kappa shape index (κ2) is 13.8. The number of hydrogen-bond donors (Lipinski definition) is 0. The Kier molecular flexibility index (Phi) is 12.2. The Morgan fingerprint density at radius 2 is 1.40 bits per heavy atom. The SMILES string of the molecule is CC1=CC(=O)C(C)=C(C/C=C(\C)CCCC(C)CCCC(C)CCCC(C)C)C1=O. The summed E-state index contributed by atoms with van der Waals surface area (Å²) in [6.45, 7) is 15.1. The Morgan fingerprint density at radius 1 is 0.867 bits per heavy atom. The van der Waals surface area contributed by atoms with Gasteiger partial charge in [-0.15, -0.1) is 0 Å². The van der Waals surface area contributed by atoms with E-state index < -0.39 is 0 Å². The molecule has 2 heteroatoms. The van der Waals surface area contributed by atoms with E-state index in [2.05, 4.69) is 40.7 Å². The first-order valence-corrected chi connectivity index (χ1v) is 12.2. The number of Topliss-reactive ketones (excluding diaryl/α,β-unsaturated/α-hetero) is 1. The largest absolute Gasteiger partial charge is 0.290 e. The zero-order chi connectivity index (χ0) is 22.7. The molecule has 0 fully saturated rings. The van der Waals surface area contributed by atoms with E-state index in [-0.39, 0.29) is 11.6 Å². The number of allylic oxidation sites excluding steroid dienone is 6. The minimum Gasteiger partial charge on any atom is -0.290 e. The van der Waals surface area contributed by atoms with Crippen molar-refractivity contribution in [3.05, 3.63) is 34.4 Å². The third-order valence-corrected chi connectivity index (χ3v) is 6.60. The monoisotopic (exact) mass is 414 g/mol. The van der Waals surface area contributed by atoms with Crippen LogP contribution in [0.2, 0.25) is 0 Å². The summed E-state index contributed by atoms with van der Waals surface area (Å²) in [5.41, 5.74) is 3.18. The van der Waals surface area contributed by atoms with E-state index in [0.29, 0.717) is 23.1 Å². The normalized spacial score (nSPS) is 17.6. The number of hydrogen-bond acceptors (Lipinski definition) is 2. The summed E-state index contributed by atoms with van der Waals surface area (Å²) in [5.74, 6) is 2.50. The molecule has 0 bridgehead atoms. The molecule has 0 aromatic rings. The molecule has 0 N–H and O–H groups in total. The number of rotatable bonds is 14. The van der Waals surface area contributed by atoms with Crippen molar-refractivity contribution in [2.75, 3.05) is 0 Å². The van der Waals surface area contributed by atoms with E-state index in [9.17, 15) is 9.59 Å². The van der Waals surface area contributed by atoms with Crippen LogP contribution in [0.4, 0.5) is 0 Å². The van der Waals surface area contributed by atoms with E-state index in [4.69, 9.17) is 0 Å². The van der Waals surface area contributed by atoms with E-state index in [1.807, 2.05) is 0 Å². The lowest BCUT2D eigenvalue weighted by Gasteiger charge is -2.15. The minimum atomic E-state index is -0.0174. The summed E-state index contributed by atoms with van der Waals surface area (Å²) in [7, 11) is 0. The molecular formula is C28H46O2. The van der Waals surface area contributed by atoms with Crippen molar-refractivity contribution in [1.29, 1.82) is 0 Å².